The van der Waals surface area contributed by atoms with Crippen LogP contribution in [0.3, 0.4) is 0 Å². The lowest BCUT2D eigenvalue weighted by atomic mass is 9.98. The molecule has 0 aromatic heterocycles. The maximum absolute atomic E-state index is 6.68. The Balaban J connectivity index is 1.59. The van der Waals surface area contributed by atoms with Crippen LogP contribution in [0.2, 0.25) is 5.02 Å². The average Bonchev–Trinajstić information content (AvgIpc) is 3.49. The zero-order chi connectivity index (χ0) is 17.9. The third-order valence-corrected chi connectivity index (χ3v) is 5.67. The Morgan fingerprint density at radius 1 is 1.08 bits per heavy atom. The monoisotopic (exact) mass is 371 g/mol. The van der Waals surface area contributed by atoms with Crippen molar-refractivity contribution in [2.75, 3.05) is 43.9 Å². The molecule has 1 heterocycles. The van der Waals surface area contributed by atoms with E-state index in [0.717, 1.165) is 62.1 Å². The number of rotatable bonds is 6. The predicted molar refractivity (Wildman–Crippen MR) is 109 cm³/mol. The van der Waals surface area contributed by atoms with Crippen LogP contribution in [0, 0.1) is 5.92 Å². The van der Waals surface area contributed by atoms with E-state index in [4.69, 9.17) is 22.1 Å². The van der Waals surface area contributed by atoms with Crippen molar-refractivity contribution in [2.24, 2.45) is 5.92 Å². The fourth-order valence-electron chi connectivity index (χ4n) is 3.45. The summed E-state index contributed by atoms with van der Waals surface area (Å²) in [5.41, 5.74) is 11.4. The van der Waals surface area contributed by atoms with Crippen molar-refractivity contribution >= 4 is 23.0 Å². The van der Waals surface area contributed by atoms with Gasteiger partial charge in [0, 0.05) is 31.7 Å². The zero-order valence-corrected chi connectivity index (χ0v) is 15.8. The van der Waals surface area contributed by atoms with E-state index in [1.165, 1.54) is 18.4 Å². The summed E-state index contributed by atoms with van der Waals surface area (Å²) in [6, 6.07) is 12.6. The van der Waals surface area contributed by atoms with Gasteiger partial charge in [0.2, 0.25) is 0 Å². The van der Waals surface area contributed by atoms with Crippen molar-refractivity contribution < 1.29 is 4.74 Å². The minimum absolute atomic E-state index is 0.639. The Morgan fingerprint density at radius 3 is 2.62 bits per heavy atom. The lowest BCUT2D eigenvalue weighted by molar-refractivity contribution is 0.0342. The first-order chi connectivity index (χ1) is 12.7. The van der Waals surface area contributed by atoms with Gasteiger partial charge in [-0.05, 0) is 36.0 Å². The molecule has 0 spiro atoms. The highest BCUT2D eigenvalue weighted by atomic mass is 35.5. The van der Waals surface area contributed by atoms with E-state index in [1.54, 1.807) is 0 Å². The third kappa shape index (κ3) is 3.98. The smallest absolute Gasteiger partial charge is 0.0745 e. The summed E-state index contributed by atoms with van der Waals surface area (Å²) in [6.45, 7) is 5.42. The van der Waals surface area contributed by atoms with Crippen LogP contribution in [-0.4, -0.2) is 37.7 Å². The molecule has 0 amide bonds. The fraction of sp³-hybridized carbons (Fsp3) is 0.429. The number of morpholine rings is 1. The fourth-order valence-corrected chi connectivity index (χ4v) is 3.72. The largest absolute Gasteiger partial charge is 0.396 e. The van der Waals surface area contributed by atoms with Gasteiger partial charge >= 0.3 is 0 Å². The highest BCUT2D eigenvalue weighted by molar-refractivity contribution is 6.36. The number of hydrogen-bond donors (Lipinski definition) is 2. The first kappa shape index (κ1) is 17.7. The molecule has 2 aromatic rings. The van der Waals surface area contributed by atoms with Gasteiger partial charge in [-0.3, -0.25) is 4.90 Å². The topological polar surface area (TPSA) is 50.5 Å². The first-order valence-electron chi connectivity index (χ1n) is 9.42. The van der Waals surface area contributed by atoms with Crippen LogP contribution >= 0.6 is 11.6 Å². The summed E-state index contributed by atoms with van der Waals surface area (Å²) < 4.78 is 5.46. The molecular weight excluding hydrogens is 346 g/mol. The predicted octanol–water partition coefficient (Wildman–Crippen LogP) is 4.24. The van der Waals surface area contributed by atoms with E-state index < -0.39 is 0 Å². The maximum Gasteiger partial charge on any atom is 0.0745 e. The molecule has 1 aliphatic carbocycles. The summed E-state index contributed by atoms with van der Waals surface area (Å²) in [6.07, 6.45) is 2.63. The number of anilines is 2. The van der Waals surface area contributed by atoms with E-state index in [0.29, 0.717) is 10.7 Å². The van der Waals surface area contributed by atoms with Crippen molar-refractivity contribution in [3.05, 3.63) is 47.0 Å². The van der Waals surface area contributed by atoms with Crippen molar-refractivity contribution in [1.29, 1.82) is 0 Å². The number of nitrogens with two attached hydrogens (primary N) is 1. The number of ether oxygens (including phenoxy) is 1. The highest BCUT2D eigenvalue weighted by Crippen LogP contribution is 2.39. The highest BCUT2D eigenvalue weighted by Gasteiger charge is 2.22. The summed E-state index contributed by atoms with van der Waals surface area (Å²) in [7, 11) is 0. The number of nitrogen functional groups attached to an aromatic ring is 1. The lowest BCUT2D eigenvalue weighted by Crippen LogP contribution is -2.35. The maximum atomic E-state index is 6.68. The number of benzene rings is 2. The van der Waals surface area contributed by atoms with Crippen LogP contribution in [0.15, 0.2) is 36.4 Å². The molecule has 1 aliphatic heterocycles. The second-order valence-electron chi connectivity index (χ2n) is 7.26. The molecule has 5 heteroatoms. The summed E-state index contributed by atoms with van der Waals surface area (Å²) >= 11 is 6.68. The molecule has 1 saturated carbocycles. The minimum Gasteiger partial charge on any atom is -0.396 e. The molecule has 3 N–H and O–H groups in total. The van der Waals surface area contributed by atoms with Crippen LogP contribution in [0.5, 0.6) is 0 Å². The molecule has 26 heavy (non-hydrogen) atoms. The van der Waals surface area contributed by atoms with Crippen LogP contribution < -0.4 is 11.1 Å². The van der Waals surface area contributed by atoms with Gasteiger partial charge in [0.1, 0.15) is 0 Å². The Labute approximate surface area is 160 Å². The van der Waals surface area contributed by atoms with Crippen molar-refractivity contribution in [3.63, 3.8) is 0 Å². The Kier molecular flexibility index (Phi) is 5.34. The Morgan fingerprint density at radius 2 is 1.85 bits per heavy atom. The van der Waals surface area contributed by atoms with Crippen LogP contribution in [0.4, 0.5) is 11.4 Å². The third-order valence-electron chi connectivity index (χ3n) is 5.26. The normalized spacial score (nSPS) is 18.0. The summed E-state index contributed by atoms with van der Waals surface area (Å²) in [5, 5.41) is 4.08. The van der Waals surface area contributed by atoms with Gasteiger partial charge in [0.05, 0.1) is 29.6 Å². The van der Waals surface area contributed by atoms with E-state index in [1.807, 2.05) is 0 Å². The van der Waals surface area contributed by atoms with Gasteiger partial charge in [0.25, 0.3) is 0 Å². The number of halogens is 1. The summed E-state index contributed by atoms with van der Waals surface area (Å²) in [5.74, 6) is 0.794. The second kappa shape index (κ2) is 7.87. The van der Waals surface area contributed by atoms with E-state index in [-0.39, 0.29) is 0 Å². The van der Waals surface area contributed by atoms with Crippen molar-refractivity contribution in [3.8, 4) is 11.1 Å². The first-order valence-corrected chi connectivity index (χ1v) is 9.80. The second-order valence-corrected chi connectivity index (χ2v) is 7.64. The Bertz CT molecular complexity index is 770. The number of nitrogens with one attached hydrogen (secondary N) is 1. The minimum atomic E-state index is 0.639. The quantitative estimate of drug-likeness (QED) is 0.745. The molecule has 2 aliphatic rings. The molecule has 0 atom stereocenters. The van der Waals surface area contributed by atoms with Gasteiger partial charge in [-0.25, -0.2) is 0 Å². The van der Waals surface area contributed by atoms with Crippen LogP contribution in [0.25, 0.3) is 11.1 Å². The number of hydrogen-bond acceptors (Lipinski definition) is 4. The molecular formula is C21H26ClN3O. The van der Waals surface area contributed by atoms with Crippen molar-refractivity contribution in [2.45, 2.75) is 19.4 Å². The molecule has 2 aromatic carbocycles. The van der Waals surface area contributed by atoms with Gasteiger partial charge < -0.3 is 15.8 Å². The molecule has 4 nitrogen and oxygen atoms in total. The van der Waals surface area contributed by atoms with Crippen LogP contribution in [-0.2, 0) is 11.3 Å². The SMILES string of the molecule is Nc1c(NCC2CC2)ccc(-c2ccccc2CN2CCOCC2)c1Cl. The van der Waals surface area contributed by atoms with Gasteiger partial charge in [0.15, 0.2) is 0 Å². The van der Waals surface area contributed by atoms with Crippen molar-refractivity contribution in [1.82, 2.24) is 4.90 Å². The zero-order valence-electron chi connectivity index (χ0n) is 15.0. The van der Waals surface area contributed by atoms with E-state index in [2.05, 4.69) is 46.6 Å². The van der Waals surface area contributed by atoms with E-state index >= 15 is 0 Å². The van der Waals surface area contributed by atoms with E-state index in [9.17, 15) is 0 Å². The number of nitrogens with zero attached hydrogens (tertiary/aromatic N) is 1. The van der Waals surface area contributed by atoms with Gasteiger partial charge in [-0.2, -0.15) is 0 Å². The molecule has 0 bridgehead atoms. The van der Waals surface area contributed by atoms with Crippen LogP contribution in [0.1, 0.15) is 18.4 Å². The van der Waals surface area contributed by atoms with Gasteiger partial charge in [-0.1, -0.05) is 41.9 Å². The molecule has 0 unspecified atom stereocenters. The molecule has 4 rings (SSSR count). The summed E-state index contributed by atoms with van der Waals surface area (Å²) in [4.78, 5) is 2.42. The molecule has 138 valence electrons. The van der Waals surface area contributed by atoms with Gasteiger partial charge in [-0.15, -0.1) is 0 Å². The molecule has 0 radical (unpaired) electrons. The molecule has 1 saturated heterocycles. The Hall–Kier alpha value is -1.75. The lowest BCUT2D eigenvalue weighted by Gasteiger charge is -2.27. The average molecular weight is 372 g/mol. The standard InChI is InChI=1S/C21H26ClN3O/c22-20-18(7-8-19(21(20)23)24-13-15-5-6-15)17-4-2-1-3-16(17)14-25-9-11-26-12-10-25/h1-4,7-8,15,24H,5-6,9-14,23H2. The molecule has 2 fully saturated rings.